The third kappa shape index (κ3) is 3.26. The zero-order valence-corrected chi connectivity index (χ0v) is 12.9. The zero-order chi connectivity index (χ0) is 24.5. The van der Waals surface area contributed by atoms with Gasteiger partial charge in [0.05, 0.1) is 0 Å². The van der Waals surface area contributed by atoms with Gasteiger partial charge in [-0.15, -0.1) is 0 Å². The van der Waals surface area contributed by atoms with E-state index in [9.17, 15) is 87.6 Å². The largest absolute Gasteiger partial charge is 0.745 e. The Morgan fingerprint density at radius 3 is 0.897 bits per heavy atom. The first-order valence-corrected chi connectivity index (χ1v) is 7.08. The first-order valence-electron chi connectivity index (χ1n) is 5.67. The first-order chi connectivity index (χ1) is 12.0. The van der Waals surface area contributed by atoms with E-state index in [1.54, 1.807) is 0 Å². The Labute approximate surface area is 146 Å². The number of halogens is 17. The number of alkyl halides is 17. The van der Waals surface area contributed by atoms with Gasteiger partial charge in [-0.2, -0.15) is 65.9 Å². The summed E-state index contributed by atoms with van der Waals surface area (Å²) in [5.74, 6) is -26.6. The lowest BCUT2D eigenvalue weighted by Gasteiger charge is -2.47. The number of hydrogen-bond donors (Lipinski definition) is 0. The average Bonchev–Trinajstić information content (AvgIpc) is 2.39. The van der Waals surface area contributed by atoms with Crippen LogP contribution in [-0.4, -0.2) is 59.9 Å². The number of rotatable bonds is 5. The third-order valence-corrected chi connectivity index (χ3v) is 4.32. The van der Waals surface area contributed by atoms with Gasteiger partial charge in [0, 0.05) is 0 Å². The Kier molecular flexibility index (Phi) is 6.08. The molecule has 0 bridgehead atoms. The van der Waals surface area contributed by atoms with Crippen LogP contribution < -0.4 is 0 Å². The highest BCUT2D eigenvalue weighted by atomic mass is 32.2. The molecule has 0 aliphatic carbocycles. The highest BCUT2D eigenvalue weighted by Crippen LogP contribution is 2.66. The van der Waals surface area contributed by atoms with Crippen molar-refractivity contribution in [3.8, 4) is 0 Å². The standard InChI is InChI=1S/C8HF17O3S/c9-1(6(17,18)19,7(20,21)22)2(10,11)5(16,29(26,27)28)3(12,13)4(14,15)8(23,24)25/h(H,26,27,28)/p-1. The van der Waals surface area contributed by atoms with Crippen LogP contribution in [0.2, 0.25) is 0 Å². The molecule has 0 fully saturated rings. The van der Waals surface area contributed by atoms with E-state index < -0.39 is 57.1 Å². The van der Waals surface area contributed by atoms with Gasteiger partial charge < -0.3 is 4.55 Å². The maximum absolute atomic E-state index is 13.8. The van der Waals surface area contributed by atoms with E-state index in [0.717, 1.165) is 0 Å². The molecule has 3 nitrogen and oxygen atoms in total. The Hall–Kier alpha value is -1.28. The van der Waals surface area contributed by atoms with Crippen molar-refractivity contribution in [3.63, 3.8) is 0 Å². The van der Waals surface area contributed by atoms with E-state index in [1.807, 2.05) is 0 Å². The van der Waals surface area contributed by atoms with Crippen LogP contribution in [0.1, 0.15) is 0 Å². The zero-order valence-electron chi connectivity index (χ0n) is 12.1. The summed E-state index contributed by atoms with van der Waals surface area (Å²) in [5.41, 5.74) is -8.86. The second-order valence-electron chi connectivity index (χ2n) is 4.92. The lowest BCUT2D eigenvalue weighted by atomic mass is 9.87. The van der Waals surface area contributed by atoms with E-state index in [4.69, 9.17) is 0 Å². The maximum Gasteiger partial charge on any atom is 0.460 e. The highest BCUT2D eigenvalue weighted by molar-refractivity contribution is 7.87. The molecule has 0 N–H and O–H groups in total. The summed E-state index contributed by atoms with van der Waals surface area (Å²) in [5, 5.41) is -8.97. The van der Waals surface area contributed by atoms with E-state index in [2.05, 4.69) is 0 Å². The quantitative estimate of drug-likeness (QED) is 0.414. The minimum atomic E-state index is -9.14. The van der Waals surface area contributed by atoms with Gasteiger partial charge in [0.1, 0.15) is 10.1 Å². The molecule has 0 saturated carbocycles. The summed E-state index contributed by atoms with van der Waals surface area (Å²) >= 11 is 0. The molecule has 0 radical (unpaired) electrons. The molecule has 0 aliphatic rings. The van der Waals surface area contributed by atoms with Crippen molar-refractivity contribution in [3.05, 3.63) is 0 Å². The second kappa shape index (κ2) is 6.36. The van der Waals surface area contributed by atoms with Crippen molar-refractivity contribution < 1.29 is 87.6 Å². The molecule has 0 amide bonds. The van der Waals surface area contributed by atoms with Gasteiger partial charge in [0.15, 0.2) is 0 Å². The van der Waals surface area contributed by atoms with E-state index in [1.165, 1.54) is 0 Å². The first kappa shape index (κ1) is 27.7. The van der Waals surface area contributed by atoms with Gasteiger partial charge in [-0.25, -0.2) is 17.2 Å². The molecule has 0 aromatic rings. The fourth-order valence-electron chi connectivity index (χ4n) is 1.63. The molecule has 1 atom stereocenters. The normalized spacial score (nSPS) is 18.6. The van der Waals surface area contributed by atoms with Crippen LogP contribution in [0.5, 0.6) is 0 Å². The van der Waals surface area contributed by atoms with Gasteiger partial charge in [-0.05, 0) is 0 Å². The smallest absolute Gasteiger partial charge is 0.460 e. The minimum absolute atomic E-state index is 8.04. The average molecular weight is 499 g/mol. The topological polar surface area (TPSA) is 57.2 Å². The molecule has 21 heteroatoms. The van der Waals surface area contributed by atoms with Crippen molar-refractivity contribution in [2.75, 3.05) is 0 Å². The SMILES string of the molecule is O=S(=O)([O-])C(F)(C(F)(F)C(F)(F)C(F)(F)F)C(F)(F)C(F)(C(F)(F)F)C(F)(F)F. The van der Waals surface area contributed by atoms with Crippen molar-refractivity contribution in [1.29, 1.82) is 0 Å². The van der Waals surface area contributed by atoms with Gasteiger partial charge >= 0.3 is 47.0 Å². The molecule has 0 aliphatic heterocycles. The highest BCUT2D eigenvalue weighted by Gasteiger charge is 2.98. The fraction of sp³-hybridized carbons (Fsp3) is 1.00. The Morgan fingerprint density at radius 1 is 0.448 bits per heavy atom. The predicted octanol–water partition coefficient (Wildman–Crippen LogP) is 4.50. The van der Waals surface area contributed by atoms with E-state index in [0.29, 0.717) is 0 Å². The summed E-state index contributed by atoms with van der Waals surface area (Å²) < 4.78 is 246. The summed E-state index contributed by atoms with van der Waals surface area (Å²) in [6, 6.07) is 0. The van der Waals surface area contributed by atoms with Gasteiger partial charge in [0.2, 0.25) is 0 Å². The molecule has 0 heterocycles. The van der Waals surface area contributed by atoms with Crippen LogP contribution >= 0.6 is 0 Å². The Balaban J connectivity index is 7.66. The molecule has 1 unspecified atom stereocenters. The molecule has 0 spiro atoms. The van der Waals surface area contributed by atoms with Crippen LogP contribution in [0.15, 0.2) is 0 Å². The van der Waals surface area contributed by atoms with Gasteiger partial charge in [0.25, 0.3) is 0 Å². The van der Waals surface area contributed by atoms with Gasteiger partial charge in [-0.1, -0.05) is 0 Å². The molecule has 176 valence electrons. The molecular weight excluding hydrogens is 499 g/mol. The van der Waals surface area contributed by atoms with Crippen LogP contribution in [0.3, 0.4) is 0 Å². The third-order valence-electron chi connectivity index (χ3n) is 3.12. The molecule has 0 aromatic heterocycles. The predicted molar refractivity (Wildman–Crippen MR) is 50.4 cm³/mol. The second-order valence-corrected chi connectivity index (χ2v) is 6.40. The molecule has 0 saturated heterocycles. The Bertz CT molecular complexity index is 713. The summed E-state index contributed by atoms with van der Waals surface area (Å²) in [7, 11) is -9.06. The molecule has 0 rings (SSSR count). The van der Waals surface area contributed by atoms with Crippen LogP contribution in [0.25, 0.3) is 0 Å². The van der Waals surface area contributed by atoms with Crippen LogP contribution in [0, 0.1) is 0 Å². The minimum Gasteiger partial charge on any atom is -0.745 e. The lowest BCUT2D eigenvalue weighted by Crippen LogP contribution is -2.79. The number of hydrogen-bond acceptors (Lipinski definition) is 3. The summed E-state index contributed by atoms with van der Waals surface area (Å²) in [4.78, 5) is 0. The van der Waals surface area contributed by atoms with Crippen molar-refractivity contribution in [2.45, 2.75) is 47.0 Å². The summed E-state index contributed by atoms with van der Waals surface area (Å²) in [6.45, 7) is 0. The van der Waals surface area contributed by atoms with Crippen molar-refractivity contribution in [1.82, 2.24) is 0 Å². The maximum atomic E-state index is 13.8. The molecular formula is C8F17O3S-. The molecule has 29 heavy (non-hydrogen) atoms. The molecule has 0 aromatic carbocycles. The Morgan fingerprint density at radius 2 is 0.724 bits per heavy atom. The van der Waals surface area contributed by atoms with Crippen molar-refractivity contribution >= 4 is 10.1 Å². The van der Waals surface area contributed by atoms with Crippen LogP contribution in [-0.2, 0) is 10.1 Å². The van der Waals surface area contributed by atoms with E-state index >= 15 is 0 Å². The van der Waals surface area contributed by atoms with Crippen LogP contribution in [0.4, 0.5) is 74.6 Å². The lowest BCUT2D eigenvalue weighted by molar-refractivity contribution is -0.437. The fourth-order valence-corrected chi connectivity index (χ4v) is 2.53. The van der Waals surface area contributed by atoms with E-state index in [-0.39, 0.29) is 0 Å². The van der Waals surface area contributed by atoms with Crippen molar-refractivity contribution in [2.24, 2.45) is 0 Å². The monoisotopic (exact) mass is 499 g/mol. The van der Waals surface area contributed by atoms with Gasteiger partial charge in [-0.3, -0.25) is 0 Å². The summed E-state index contributed by atoms with van der Waals surface area (Å²) in [6.07, 6.45) is -24.8.